The molecule has 168 valence electrons. The number of thioether (sulfide) groups is 1. The number of fused-ring (bicyclic) bond motifs is 1. The third kappa shape index (κ3) is 4.91. The summed E-state index contributed by atoms with van der Waals surface area (Å²) in [5.74, 6) is -0.0401. The Bertz CT molecular complexity index is 1180. The van der Waals surface area contributed by atoms with Crippen LogP contribution in [-0.2, 0) is 11.3 Å². The van der Waals surface area contributed by atoms with E-state index in [0.717, 1.165) is 12.1 Å². The molecule has 1 fully saturated rings. The van der Waals surface area contributed by atoms with Gasteiger partial charge in [-0.2, -0.15) is 0 Å². The molecule has 0 atom stereocenters. The van der Waals surface area contributed by atoms with Gasteiger partial charge in [-0.15, -0.1) is 0 Å². The Kier molecular flexibility index (Phi) is 7.01. The molecule has 2 aromatic carbocycles. The second kappa shape index (κ2) is 9.92. The van der Waals surface area contributed by atoms with Crippen LogP contribution >= 0.6 is 23.4 Å². The summed E-state index contributed by atoms with van der Waals surface area (Å²) in [5, 5.41) is 1.57. The van der Waals surface area contributed by atoms with Gasteiger partial charge in [0.1, 0.15) is 5.82 Å². The van der Waals surface area contributed by atoms with Crippen LogP contribution in [0.4, 0.5) is 10.1 Å². The summed E-state index contributed by atoms with van der Waals surface area (Å²) in [5.41, 5.74) is 1.38. The Labute approximate surface area is 195 Å². The molecule has 0 aliphatic carbocycles. The topological polar surface area (TPSA) is 58.4 Å². The Morgan fingerprint density at radius 1 is 1.12 bits per heavy atom. The van der Waals surface area contributed by atoms with E-state index in [-0.39, 0.29) is 23.0 Å². The molecule has 0 spiro atoms. The van der Waals surface area contributed by atoms with Crippen molar-refractivity contribution in [2.45, 2.75) is 25.0 Å². The first-order chi connectivity index (χ1) is 15.5. The number of hydrogen-bond acceptors (Lipinski definition) is 5. The monoisotopic (exact) mass is 474 g/mol. The summed E-state index contributed by atoms with van der Waals surface area (Å²) in [6.45, 7) is 5.11. The predicted molar refractivity (Wildman–Crippen MR) is 127 cm³/mol. The molecular formula is C23H24ClFN4O2S. The van der Waals surface area contributed by atoms with Crippen molar-refractivity contribution < 1.29 is 9.18 Å². The second-order valence-electron chi connectivity index (χ2n) is 7.65. The maximum Gasteiger partial charge on any atom is 0.262 e. The standard InChI is InChI=1S/C23H24ClFN4O2S/c1-2-9-29-22(31)19-8-3-16(24)14-20(19)26-23(29)32-15-21(30)28-12-10-27(11-13-28)18-6-4-17(25)5-7-18/h3-8,14H,2,9-13,15H2,1H3. The number of aromatic nitrogens is 2. The van der Waals surface area contributed by atoms with Crippen LogP contribution in [0.5, 0.6) is 0 Å². The summed E-state index contributed by atoms with van der Waals surface area (Å²) in [7, 11) is 0. The van der Waals surface area contributed by atoms with E-state index in [4.69, 9.17) is 11.6 Å². The Hall–Kier alpha value is -2.58. The van der Waals surface area contributed by atoms with Crippen molar-refractivity contribution in [3.05, 3.63) is 63.7 Å². The molecule has 3 aromatic rings. The number of carbonyl (C=O) groups excluding carboxylic acids is 1. The van der Waals surface area contributed by atoms with E-state index in [1.54, 1.807) is 34.9 Å². The van der Waals surface area contributed by atoms with Crippen LogP contribution in [0.25, 0.3) is 10.9 Å². The third-order valence-electron chi connectivity index (χ3n) is 5.48. The van der Waals surface area contributed by atoms with Gasteiger partial charge in [0, 0.05) is 43.4 Å². The maximum atomic E-state index is 13.1. The summed E-state index contributed by atoms with van der Waals surface area (Å²) in [4.78, 5) is 34.4. The highest BCUT2D eigenvalue weighted by Crippen LogP contribution is 2.22. The summed E-state index contributed by atoms with van der Waals surface area (Å²) < 4.78 is 14.8. The van der Waals surface area contributed by atoms with Gasteiger partial charge in [0.25, 0.3) is 5.56 Å². The fourth-order valence-corrected chi connectivity index (χ4v) is 4.88. The highest BCUT2D eigenvalue weighted by atomic mass is 35.5. The van der Waals surface area contributed by atoms with Crippen LogP contribution < -0.4 is 10.5 Å². The van der Waals surface area contributed by atoms with Crippen molar-refractivity contribution in [3.63, 3.8) is 0 Å². The lowest BCUT2D eigenvalue weighted by Crippen LogP contribution is -2.49. The molecule has 9 heteroatoms. The van der Waals surface area contributed by atoms with Crippen LogP contribution in [-0.4, -0.2) is 52.3 Å². The van der Waals surface area contributed by atoms with Gasteiger partial charge in [0.05, 0.1) is 16.7 Å². The summed E-state index contributed by atoms with van der Waals surface area (Å²) in [6.07, 6.45) is 0.785. The van der Waals surface area contributed by atoms with Gasteiger partial charge in [0.2, 0.25) is 5.91 Å². The Morgan fingerprint density at radius 3 is 2.53 bits per heavy atom. The molecule has 1 aliphatic rings. The van der Waals surface area contributed by atoms with Gasteiger partial charge in [-0.3, -0.25) is 14.2 Å². The molecule has 32 heavy (non-hydrogen) atoms. The minimum atomic E-state index is -0.259. The highest BCUT2D eigenvalue weighted by molar-refractivity contribution is 7.99. The van der Waals surface area contributed by atoms with E-state index < -0.39 is 0 Å². The van der Waals surface area contributed by atoms with Crippen molar-refractivity contribution in [3.8, 4) is 0 Å². The van der Waals surface area contributed by atoms with E-state index >= 15 is 0 Å². The molecule has 0 N–H and O–H groups in total. The van der Waals surface area contributed by atoms with Crippen LogP contribution in [0.3, 0.4) is 0 Å². The number of rotatable bonds is 6. The van der Waals surface area contributed by atoms with Gasteiger partial charge in [-0.25, -0.2) is 9.37 Å². The first kappa shape index (κ1) is 22.6. The molecule has 6 nitrogen and oxygen atoms in total. The van der Waals surface area contributed by atoms with Gasteiger partial charge < -0.3 is 9.80 Å². The second-order valence-corrected chi connectivity index (χ2v) is 9.02. The molecule has 1 saturated heterocycles. The zero-order chi connectivity index (χ0) is 22.7. The maximum absolute atomic E-state index is 13.1. The van der Waals surface area contributed by atoms with Crippen LogP contribution in [0.2, 0.25) is 5.02 Å². The molecule has 1 aliphatic heterocycles. The Balaban J connectivity index is 1.43. The van der Waals surface area contributed by atoms with Crippen LogP contribution in [0.1, 0.15) is 13.3 Å². The number of hydrogen-bond donors (Lipinski definition) is 0. The van der Waals surface area contributed by atoms with Gasteiger partial charge in [-0.05, 0) is 48.9 Å². The predicted octanol–water partition coefficient (Wildman–Crippen LogP) is 4.04. The fourth-order valence-electron chi connectivity index (χ4n) is 3.79. The average Bonchev–Trinajstić information content (AvgIpc) is 2.80. The normalized spacial score (nSPS) is 14.2. The summed E-state index contributed by atoms with van der Waals surface area (Å²) in [6, 6.07) is 11.5. The molecule has 0 unspecified atom stereocenters. The van der Waals surface area contributed by atoms with E-state index in [2.05, 4.69) is 9.88 Å². The molecule has 1 aromatic heterocycles. The largest absolute Gasteiger partial charge is 0.368 e. The molecule has 2 heterocycles. The number of anilines is 1. The molecule has 1 amide bonds. The number of piperazine rings is 1. The number of amides is 1. The van der Waals surface area contributed by atoms with Crippen LogP contribution in [0.15, 0.2) is 52.4 Å². The summed E-state index contributed by atoms with van der Waals surface area (Å²) >= 11 is 7.36. The smallest absolute Gasteiger partial charge is 0.262 e. The lowest BCUT2D eigenvalue weighted by molar-refractivity contribution is -0.128. The SMILES string of the molecule is CCCn1c(SCC(=O)N2CCN(c3ccc(F)cc3)CC2)nc2cc(Cl)ccc2c1=O. The first-order valence-corrected chi connectivity index (χ1v) is 11.9. The number of carbonyl (C=O) groups is 1. The zero-order valence-corrected chi connectivity index (χ0v) is 19.3. The molecule has 0 radical (unpaired) electrons. The van der Waals surface area contributed by atoms with Crippen molar-refractivity contribution in [2.75, 3.05) is 36.8 Å². The molecule has 0 saturated carbocycles. The average molecular weight is 475 g/mol. The molecular weight excluding hydrogens is 451 g/mol. The third-order valence-corrected chi connectivity index (χ3v) is 6.67. The Morgan fingerprint density at radius 2 is 1.84 bits per heavy atom. The highest BCUT2D eigenvalue weighted by Gasteiger charge is 2.22. The number of nitrogens with zero attached hydrogens (tertiary/aromatic N) is 4. The van der Waals surface area contributed by atoms with Crippen molar-refractivity contribution in [2.24, 2.45) is 0 Å². The molecule has 4 rings (SSSR count). The van der Waals surface area contributed by atoms with E-state index in [9.17, 15) is 14.0 Å². The van der Waals surface area contributed by atoms with Crippen molar-refractivity contribution in [1.29, 1.82) is 0 Å². The minimum Gasteiger partial charge on any atom is -0.368 e. The fraction of sp³-hybridized carbons (Fsp3) is 0.348. The van der Waals surface area contributed by atoms with Crippen LogP contribution in [0, 0.1) is 5.82 Å². The minimum absolute atomic E-state index is 0.0113. The van der Waals surface area contributed by atoms with E-state index in [1.165, 1.54) is 23.9 Å². The van der Waals surface area contributed by atoms with Gasteiger partial charge in [-0.1, -0.05) is 30.3 Å². The van der Waals surface area contributed by atoms with Crippen molar-refractivity contribution in [1.82, 2.24) is 14.5 Å². The zero-order valence-electron chi connectivity index (χ0n) is 17.8. The number of benzene rings is 2. The van der Waals surface area contributed by atoms with E-state index in [1.807, 2.05) is 11.8 Å². The number of halogens is 2. The lowest BCUT2D eigenvalue weighted by Gasteiger charge is -2.36. The quantitative estimate of drug-likeness (QED) is 0.398. The first-order valence-electron chi connectivity index (χ1n) is 10.6. The van der Waals surface area contributed by atoms with Gasteiger partial charge in [0.15, 0.2) is 5.16 Å². The van der Waals surface area contributed by atoms with Gasteiger partial charge >= 0.3 is 0 Å². The molecule has 0 bridgehead atoms. The lowest BCUT2D eigenvalue weighted by atomic mass is 10.2. The van der Waals surface area contributed by atoms with E-state index in [0.29, 0.717) is 53.8 Å². The van der Waals surface area contributed by atoms with Crippen molar-refractivity contribution >= 4 is 45.9 Å².